The summed E-state index contributed by atoms with van der Waals surface area (Å²) >= 11 is 18.6. The van der Waals surface area contributed by atoms with E-state index in [4.69, 9.17) is 34.8 Å². The van der Waals surface area contributed by atoms with Crippen LogP contribution in [0.2, 0.25) is 15.1 Å². The van der Waals surface area contributed by atoms with Crippen LogP contribution >= 0.6 is 34.8 Å². The second-order valence-electron chi connectivity index (χ2n) is 8.62. The summed E-state index contributed by atoms with van der Waals surface area (Å²) in [6, 6.07) is 16.7. The zero-order valence-corrected chi connectivity index (χ0v) is 24.2. The average molecular weight is 597 g/mol. The number of nitrogens with one attached hydrogen (secondary N) is 1. The number of sulfonamides is 1. The van der Waals surface area contributed by atoms with Crippen molar-refractivity contribution in [2.75, 3.05) is 17.4 Å². The van der Waals surface area contributed by atoms with E-state index in [0.29, 0.717) is 17.1 Å². The van der Waals surface area contributed by atoms with Gasteiger partial charge in [-0.2, -0.15) is 0 Å². The third kappa shape index (κ3) is 6.99. The fraction of sp³-hybridized carbons (Fsp3) is 0.259. The molecule has 1 atom stereocenters. The second kappa shape index (κ2) is 12.8. The van der Waals surface area contributed by atoms with Crippen molar-refractivity contribution in [2.24, 2.45) is 0 Å². The molecule has 38 heavy (non-hydrogen) atoms. The van der Waals surface area contributed by atoms with Gasteiger partial charge in [-0.15, -0.1) is 0 Å². The van der Waals surface area contributed by atoms with Crippen molar-refractivity contribution in [3.8, 4) is 0 Å². The summed E-state index contributed by atoms with van der Waals surface area (Å²) in [6.45, 7) is 5.00. The molecule has 0 bridgehead atoms. The third-order valence-corrected chi connectivity index (χ3v) is 8.71. The average Bonchev–Trinajstić information content (AvgIpc) is 2.88. The molecule has 11 heteroatoms. The zero-order chi connectivity index (χ0) is 28.0. The highest BCUT2D eigenvalue weighted by Gasteiger charge is 2.33. The Morgan fingerprint density at radius 1 is 0.947 bits per heavy atom. The van der Waals surface area contributed by atoms with E-state index < -0.39 is 28.5 Å². The maximum atomic E-state index is 13.8. The van der Waals surface area contributed by atoms with Gasteiger partial charge in [0.05, 0.1) is 20.6 Å². The van der Waals surface area contributed by atoms with Crippen LogP contribution in [-0.2, 0) is 26.2 Å². The van der Waals surface area contributed by atoms with Crippen molar-refractivity contribution in [3.63, 3.8) is 0 Å². The van der Waals surface area contributed by atoms with E-state index in [1.54, 1.807) is 56.3 Å². The Hall–Kier alpha value is -2.78. The molecule has 0 unspecified atom stereocenters. The van der Waals surface area contributed by atoms with Crippen molar-refractivity contribution < 1.29 is 18.0 Å². The van der Waals surface area contributed by atoms with Gasteiger partial charge < -0.3 is 10.2 Å². The van der Waals surface area contributed by atoms with E-state index in [1.807, 2.05) is 6.92 Å². The second-order valence-corrected chi connectivity index (χ2v) is 11.7. The van der Waals surface area contributed by atoms with Crippen LogP contribution in [0.4, 0.5) is 5.69 Å². The van der Waals surface area contributed by atoms with Crippen LogP contribution in [0.5, 0.6) is 0 Å². The van der Waals surface area contributed by atoms with Gasteiger partial charge in [-0.05, 0) is 62.7 Å². The molecular formula is C27H28Cl3N3O4S. The molecular weight excluding hydrogens is 569 g/mol. The Bertz CT molecular complexity index is 1400. The van der Waals surface area contributed by atoms with E-state index >= 15 is 0 Å². The molecule has 0 fully saturated rings. The fourth-order valence-corrected chi connectivity index (χ4v) is 5.73. The summed E-state index contributed by atoms with van der Waals surface area (Å²) in [7, 11) is -4.25. The Balaban J connectivity index is 2.07. The smallest absolute Gasteiger partial charge is 0.264 e. The number of aryl methyl sites for hydroxylation is 1. The molecule has 2 amide bonds. The molecule has 0 heterocycles. The number of carbonyl (C=O) groups excluding carboxylic acids is 2. The zero-order valence-electron chi connectivity index (χ0n) is 21.1. The molecule has 0 spiro atoms. The molecule has 3 rings (SSSR count). The van der Waals surface area contributed by atoms with Gasteiger partial charge in [0.2, 0.25) is 11.8 Å². The summed E-state index contributed by atoms with van der Waals surface area (Å²) in [6.07, 6.45) is 0. The minimum absolute atomic E-state index is 0.0151. The standard InChI is InChI=1S/C27H28Cl3N3O4S/c1-4-31-27(35)19(3)32(16-20-10-12-21(28)13-11-20)25(34)17-33(24-7-5-6-23(29)26(24)30)38(36,37)22-14-8-18(2)9-15-22/h5-15,19H,4,16-17H2,1-3H3,(H,31,35)/t19-/m1/s1. The molecule has 3 aromatic carbocycles. The fourth-order valence-electron chi connectivity index (χ4n) is 3.73. The Morgan fingerprint density at radius 2 is 1.58 bits per heavy atom. The Labute approximate surface area is 238 Å². The van der Waals surface area contributed by atoms with Crippen LogP contribution in [0.1, 0.15) is 25.0 Å². The van der Waals surface area contributed by atoms with E-state index in [9.17, 15) is 18.0 Å². The van der Waals surface area contributed by atoms with Gasteiger partial charge in [0, 0.05) is 18.1 Å². The van der Waals surface area contributed by atoms with E-state index in [0.717, 1.165) is 9.87 Å². The molecule has 0 saturated carbocycles. The third-order valence-electron chi connectivity index (χ3n) is 5.87. The molecule has 3 aromatic rings. The quantitative estimate of drug-likeness (QED) is 0.325. The van der Waals surface area contributed by atoms with Crippen LogP contribution in [-0.4, -0.2) is 44.3 Å². The lowest BCUT2D eigenvalue weighted by molar-refractivity contribution is -0.139. The first-order valence-corrected chi connectivity index (χ1v) is 14.4. The van der Waals surface area contributed by atoms with Crippen LogP contribution in [0.3, 0.4) is 0 Å². The van der Waals surface area contributed by atoms with Gasteiger partial charge >= 0.3 is 0 Å². The molecule has 0 aliphatic rings. The molecule has 0 saturated heterocycles. The number of amides is 2. The van der Waals surface area contributed by atoms with Crippen molar-refractivity contribution in [1.82, 2.24) is 10.2 Å². The van der Waals surface area contributed by atoms with Gasteiger partial charge in [-0.25, -0.2) is 8.42 Å². The summed E-state index contributed by atoms with van der Waals surface area (Å²) < 4.78 is 28.6. The molecule has 0 aromatic heterocycles. The largest absolute Gasteiger partial charge is 0.355 e. The maximum Gasteiger partial charge on any atom is 0.264 e. The highest BCUT2D eigenvalue weighted by Crippen LogP contribution is 2.35. The number of hydrogen-bond acceptors (Lipinski definition) is 4. The topological polar surface area (TPSA) is 86.8 Å². The number of carbonyl (C=O) groups is 2. The predicted octanol–water partition coefficient (Wildman–Crippen LogP) is 5.70. The van der Waals surface area contributed by atoms with E-state index in [-0.39, 0.29) is 33.1 Å². The molecule has 7 nitrogen and oxygen atoms in total. The van der Waals surface area contributed by atoms with Crippen molar-refractivity contribution in [2.45, 2.75) is 38.3 Å². The van der Waals surface area contributed by atoms with Gasteiger partial charge in [-0.3, -0.25) is 13.9 Å². The number of nitrogens with zero attached hydrogens (tertiary/aromatic N) is 2. The predicted molar refractivity (Wildman–Crippen MR) is 152 cm³/mol. The lowest BCUT2D eigenvalue weighted by atomic mass is 10.1. The van der Waals surface area contributed by atoms with Crippen LogP contribution in [0.15, 0.2) is 71.6 Å². The minimum atomic E-state index is -4.25. The van der Waals surface area contributed by atoms with Crippen molar-refractivity contribution >= 4 is 62.3 Å². The van der Waals surface area contributed by atoms with E-state index in [2.05, 4.69) is 5.32 Å². The lowest BCUT2D eigenvalue weighted by Crippen LogP contribution is -2.51. The van der Waals surface area contributed by atoms with Crippen molar-refractivity contribution in [3.05, 3.63) is 92.9 Å². The molecule has 0 aliphatic heterocycles. The molecule has 0 radical (unpaired) electrons. The summed E-state index contributed by atoms with van der Waals surface area (Å²) in [5.41, 5.74) is 1.63. The number of anilines is 1. The maximum absolute atomic E-state index is 13.8. The Morgan fingerprint density at radius 3 is 2.18 bits per heavy atom. The normalized spacial score (nSPS) is 12.1. The SMILES string of the molecule is CCNC(=O)[C@@H](C)N(Cc1ccc(Cl)cc1)C(=O)CN(c1cccc(Cl)c1Cl)S(=O)(=O)c1ccc(C)cc1. The molecule has 202 valence electrons. The monoisotopic (exact) mass is 595 g/mol. The summed E-state index contributed by atoms with van der Waals surface area (Å²) in [4.78, 5) is 27.9. The number of halogens is 3. The first kappa shape index (κ1) is 29.8. The Kier molecular flexibility index (Phi) is 10.1. The lowest BCUT2D eigenvalue weighted by Gasteiger charge is -2.32. The van der Waals surface area contributed by atoms with Crippen LogP contribution < -0.4 is 9.62 Å². The molecule has 1 N–H and O–H groups in total. The number of hydrogen-bond donors (Lipinski definition) is 1. The first-order valence-electron chi connectivity index (χ1n) is 11.8. The highest BCUT2D eigenvalue weighted by molar-refractivity contribution is 7.92. The number of rotatable bonds is 10. The number of likely N-dealkylation sites (N-methyl/N-ethyl adjacent to an activating group) is 1. The van der Waals surface area contributed by atoms with Gasteiger partial charge in [-0.1, -0.05) is 70.7 Å². The van der Waals surface area contributed by atoms with Gasteiger partial charge in [0.15, 0.2) is 0 Å². The summed E-state index contributed by atoms with van der Waals surface area (Å²) in [5.74, 6) is -0.978. The first-order chi connectivity index (χ1) is 17.9. The number of benzene rings is 3. The van der Waals surface area contributed by atoms with Gasteiger partial charge in [0.1, 0.15) is 12.6 Å². The minimum Gasteiger partial charge on any atom is -0.355 e. The van der Waals surface area contributed by atoms with Crippen molar-refractivity contribution in [1.29, 1.82) is 0 Å². The van der Waals surface area contributed by atoms with Crippen LogP contribution in [0.25, 0.3) is 0 Å². The highest BCUT2D eigenvalue weighted by atomic mass is 35.5. The van der Waals surface area contributed by atoms with E-state index in [1.165, 1.54) is 29.2 Å². The molecule has 0 aliphatic carbocycles. The van der Waals surface area contributed by atoms with Crippen LogP contribution in [0, 0.1) is 6.92 Å². The summed E-state index contributed by atoms with van der Waals surface area (Å²) in [5, 5.41) is 3.36. The van der Waals surface area contributed by atoms with Gasteiger partial charge in [0.25, 0.3) is 10.0 Å².